The van der Waals surface area contributed by atoms with Gasteiger partial charge in [-0.1, -0.05) is 13.8 Å². The second kappa shape index (κ2) is 7.91. The summed E-state index contributed by atoms with van der Waals surface area (Å²) in [6.07, 6.45) is 5.92. The summed E-state index contributed by atoms with van der Waals surface area (Å²) >= 11 is 0. The average Bonchev–Trinajstić information content (AvgIpc) is 3.36. The first-order valence-corrected chi connectivity index (χ1v) is 10.0. The minimum absolute atomic E-state index is 0.231. The number of nitrogens with one attached hydrogen (secondary N) is 1. The van der Waals surface area contributed by atoms with Gasteiger partial charge in [0.15, 0.2) is 0 Å². The van der Waals surface area contributed by atoms with Crippen molar-refractivity contribution in [3.05, 3.63) is 41.6 Å². The van der Waals surface area contributed by atoms with E-state index in [-0.39, 0.29) is 11.3 Å². The number of rotatable bonds is 6. The first-order chi connectivity index (χ1) is 13.6. The number of carbonyl (C=O) groups excluding carboxylic acids is 1. The molecule has 4 heterocycles. The molecule has 150 valence electrons. The molecule has 28 heavy (non-hydrogen) atoms. The molecule has 0 bridgehead atoms. The number of ether oxygens (including phenoxy) is 1. The number of furan rings is 1. The zero-order chi connectivity index (χ0) is 19.6. The van der Waals surface area contributed by atoms with Crippen LogP contribution in [-0.4, -0.2) is 40.5 Å². The van der Waals surface area contributed by atoms with Gasteiger partial charge in [-0.15, -0.1) is 0 Å². The van der Waals surface area contributed by atoms with Crippen LogP contribution in [0.5, 0.6) is 0 Å². The van der Waals surface area contributed by atoms with E-state index in [9.17, 15) is 4.79 Å². The van der Waals surface area contributed by atoms with Gasteiger partial charge in [-0.25, -0.2) is 9.97 Å². The molecule has 0 aliphatic carbocycles. The van der Waals surface area contributed by atoms with E-state index in [1.165, 1.54) is 0 Å². The zero-order valence-corrected chi connectivity index (χ0v) is 16.6. The summed E-state index contributed by atoms with van der Waals surface area (Å²) in [6, 6.07) is 3.78. The number of carbonyl (C=O) groups is 1. The number of anilines is 1. The quantitative estimate of drug-likeness (QED) is 0.824. The molecule has 2 aliphatic rings. The van der Waals surface area contributed by atoms with E-state index in [2.05, 4.69) is 24.1 Å². The molecule has 1 spiro atoms. The molecule has 2 aromatic rings. The van der Waals surface area contributed by atoms with Gasteiger partial charge in [0, 0.05) is 31.3 Å². The normalized spacial score (nSPS) is 21.3. The Morgan fingerprint density at radius 2 is 2.32 bits per heavy atom. The van der Waals surface area contributed by atoms with E-state index in [4.69, 9.17) is 14.1 Å². The van der Waals surface area contributed by atoms with E-state index >= 15 is 0 Å². The average molecular weight is 384 g/mol. The molecule has 2 aromatic heterocycles. The van der Waals surface area contributed by atoms with Crippen LogP contribution in [0.1, 0.15) is 50.1 Å². The maximum absolute atomic E-state index is 12.6. The van der Waals surface area contributed by atoms with Gasteiger partial charge in [-0.2, -0.15) is 0 Å². The van der Waals surface area contributed by atoms with Crippen LogP contribution in [-0.2, 0) is 28.1 Å². The summed E-state index contributed by atoms with van der Waals surface area (Å²) in [6.45, 7) is 7.40. The number of fused-ring (bicyclic) bond motifs is 2. The minimum atomic E-state index is -0.231. The molecule has 1 fully saturated rings. The third kappa shape index (κ3) is 3.90. The summed E-state index contributed by atoms with van der Waals surface area (Å²) in [5.41, 5.74) is 1.81. The molecule has 2 aliphatic heterocycles. The molecule has 1 amide bonds. The number of nitrogens with zero attached hydrogens (tertiary/aromatic N) is 3. The first-order valence-electron chi connectivity index (χ1n) is 10.0. The molecule has 1 N–H and O–H groups in total. The Balaban J connectivity index is 1.49. The van der Waals surface area contributed by atoms with Crippen molar-refractivity contribution in [2.45, 2.75) is 51.7 Å². The number of amides is 1. The fraction of sp³-hybridized carbons (Fsp3) is 0.571. The fourth-order valence-electron chi connectivity index (χ4n) is 4.03. The molecule has 0 unspecified atom stereocenters. The number of aromatic nitrogens is 2. The van der Waals surface area contributed by atoms with Gasteiger partial charge in [0.25, 0.3) is 0 Å². The molecule has 1 saturated heterocycles. The third-order valence-electron chi connectivity index (χ3n) is 5.65. The molecule has 7 nitrogen and oxygen atoms in total. The van der Waals surface area contributed by atoms with E-state index < -0.39 is 0 Å². The molecular formula is C21H28N4O3. The van der Waals surface area contributed by atoms with Crippen molar-refractivity contribution in [3.8, 4) is 0 Å². The lowest BCUT2D eigenvalue weighted by molar-refractivity contribution is -0.130. The SMILES string of the molecule is CC(C)CCC(=O)N1CC[C@]2(COCc3cnc(NCc4ccco4)nc32)C1. The van der Waals surface area contributed by atoms with Crippen LogP contribution in [0.25, 0.3) is 0 Å². The lowest BCUT2D eigenvalue weighted by Crippen LogP contribution is -2.41. The number of likely N-dealkylation sites (tertiary alicyclic amines) is 1. The standard InChI is InChI=1S/C21H28N4O3/c1-15(2)5-6-18(26)25-8-7-21(13-25)14-27-12-16-10-22-20(24-19(16)21)23-11-17-4-3-9-28-17/h3-4,9-10,15H,5-8,11-14H2,1-2H3,(H,22,23,24)/t21-/m1/s1. The van der Waals surface area contributed by atoms with Gasteiger partial charge in [0.2, 0.25) is 11.9 Å². The molecule has 4 rings (SSSR count). The van der Waals surface area contributed by atoms with Gasteiger partial charge in [0.1, 0.15) is 5.76 Å². The third-order valence-corrected chi connectivity index (χ3v) is 5.65. The van der Waals surface area contributed by atoms with Crippen LogP contribution in [0.15, 0.2) is 29.0 Å². The van der Waals surface area contributed by atoms with Crippen molar-refractivity contribution < 1.29 is 13.9 Å². The highest BCUT2D eigenvalue weighted by atomic mass is 16.5. The van der Waals surface area contributed by atoms with Crippen LogP contribution in [0.2, 0.25) is 0 Å². The Hall–Kier alpha value is -2.41. The summed E-state index contributed by atoms with van der Waals surface area (Å²) in [7, 11) is 0. The van der Waals surface area contributed by atoms with Gasteiger partial charge in [-0.05, 0) is 30.9 Å². The van der Waals surface area contributed by atoms with Crippen molar-refractivity contribution in [1.82, 2.24) is 14.9 Å². The molecule has 0 saturated carbocycles. The van der Waals surface area contributed by atoms with Crippen LogP contribution in [0.3, 0.4) is 0 Å². The molecule has 0 aromatic carbocycles. The fourth-order valence-corrected chi connectivity index (χ4v) is 4.03. The van der Waals surface area contributed by atoms with Gasteiger partial charge < -0.3 is 19.4 Å². The topological polar surface area (TPSA) is 80.5 Å². The molecule has 0 radical (unpaired) electrons. The monoisotopic (exact) mass is 384 g/mol. The Labute approximate surface area is 165 Å². The second-order valence-corrected chi connectivity index (χ2v) is 8.27. The molecule has 1 atom stereocenters. The highest BCUT2D eigenvalue weighted by molar-refractivity contribution is 5.76. The molecule has 7 heteroatoms. The van der Waals surface area contributed by atoms with E-state index in [1.54, 1.807) is 6.26 Å². The summed E-state index contributed by atoms with van der Waals surface area (Å²) < 4.78 is 11.2. The van der Waals surface area contributed by atoms with Crippen LogP contribution >= 0.6 is 0 Å². The van der Waals surface area contributed by atoms with Crippen molar-refractivity contribution in [2.75, 3.05) is 25.0 Å². The lowest BCUT2D eigenvalue weighted by atomic mass is 9.80. The van der Waals surface area contributed by atoms with E-state index in [0.717, 1.165) is 36.4 Å². The van der Waals surface area contributed by atoms with Gasteiger partial charge in [-0.3, -0.25) is 4.79 Å². The Kier molecular flexibility index (Phi) is 5.35. The first kappa shape index (κ1) is 18.9. The van der Waals surface area contributed by atoms with E-state index in [1.807, 2.05) is 23.2 Å². The maximum Gasteiger partial charge on any atom is 0.223 e. The highest BCUT2D eigenvalue weighted by Gasteiger charge is 2.46. The lowest BCUT2D eigenvalue weighted by Gasteiger charge is -2.34. The zero-order valence-electron chi connectivity index (χ0n) is 16.6. The maximum atomic E-state index is 12.6. The van der Waals surface area contributed by atoms with E-state index in [0.29, 0.717) is 44.6 Å². The van der Waals surface area contributed by atoms with Gasteiger partial charge in [0.05, 0.1) is 37.1 Å². The minimum Gasteiger partial charge on any atom is -0.467 e. The number of hydrogen-bond acceptors (Lipinski definition) is 6. The Morgan fingerprint density at radius 1 is 1.43 bits per heavy atom. The van der Waals surface area contributed by atoms with Crippen molar-refractivity contribution in [2.24, 2.45) is 5.92 Å². The highest BCUT2D eigenvalue weighted by Crippen LogP contribution is 2.39. The van der Waals surface area contributed by atoms with Crippen LogP contribution < -0.4 is 5.32 Å². The predicted octanol–water partition coefficient (Wildman–Crippen LogP) is 3.12. The number of hydrogen-bond donors (Lipinski definition) is 1. The second-order valence-electron chi connectivity index (χ2n) is 8.27. The smallest absolute Gasteiger partial charge is 0.223 e. The van der Waals surface area contributed by atoms with Gasteiger partial charge >= 0.3 is 0 Å². The summed E-state index contributed by atoms with van der Waals surface area (Å²) in [4.78, 5) is 23.9. The van der Waals surface area contributed by atoms with Crippen molar-refractivity contribution >= 4 is 11.9 Å². The largest absolute Gasteiger partial charge is 0.467 e. The Morgan fingerprint density at radius 3 is 3.11 bits per heavy atom. The Bertz CT molecular complexity index is 821. The summed E-state index contributed by atoms with van der Waals surface area (Å²) in [5, 5.41) is 3.23. The predicted molar refractivity (Wildman–Crippen MR) is 105 cm³/mol. The van der Waals surface area contributed by atoms with Crippen LogP contribution in [0.4, 0.5) is 5.95 Å². The summed E-state index contributed by atoms with van der Waals surface area (Å²) in [5.74, 6) is 2.20. The van der Waals surface area contributed by atoms with Crippen LogP contribution in [0, 0.1) is 5.92 Å². The van der Waals surface area contributed by atoms with Crippen molar-refractivity contribution in [3.63, 3.8) is 0 Å². The van der Waals surface area contributed by atoms with Crippen molar-refractivity contribution in [1.29, 1.82) is 0 Å². The molecular weight excluding hydrogens is 356 g/mol.